The minimum atomic E-state index is 0.771. The van der Waals surface area contributed by atoms with E-state index in [2.05, 4.69) is 56.5 Å². The second-order valence-corrected chi connectivity index (χ2v) is 5.03. The number of hydrogen-bond donors (Lipinski definition) is 1. The maximum absolute atomic E-state index is 3.34. The molecule has 0 spiro atoms. The standard InChI is InChI=1S/C16H27N/c1-4-14(5-2)11-16(13-17-3)12-15-9-7-6-8-10-15/h6-10,14,16-17H,4-5,11-13H2,1-3H3. The Labute approximate surface area is 107 Å². The van der Waals surface area contributed by atoms with E-state index >= 15 is 0 Å². The molecule has 0 amide bonds. The molecule has 0 radical (unpaired) electrons. The van der Waals surface area contributed by atoms with Crippen molar-refractivity contribution < 1.29 is 0 Å². The summed E-state index contributed by atoms with van der Waals surface area (Å²) in [5, 5.41) is 3.34. The molecule has 96 valence electrons. The first-order valence-electron chi connectivity index (χ1n) is 6.98. The van der Waals surface area contributed by atoms with E-state index in [0.717, 1.165) is 18.4 Å². The van der Waals surface area contributed by atoms with E-state index in [1.165, 1.54) is 31.2 Å². The zero-order chi connectivity index (χ0) is 12.5. The number of benzene rings is 1. The Morgan fingerprint density at radius 3 is 2.18 bits per heavy atom. The highest BCUT2D eigenvalue weighted by atomic mass is 14.8. The Morgan fingerprint density at radius 2 is 1.65 bits per heavy atom. The van der Waals surface area contributed by atoms with Crippen LogP contribution < -0.4 is 5.32 Å². The van der Waals surface area contributed by atoms with Crippen molar-refractivity contribution in [1.29, 1.82) is 0 Å². The molecule has 1 nitrogen and oxygen atoms in total. The molecule has 1 N–H and O–H groups in total. The fourth-order valence-corrected chi connectivity index (χ4v) is 2.57. The highest BCUT2D eigenvalue weighted by Crippen LogP contribution is 2.21. The van der Waals surface area contributed by atoms with Gasteiger partial charge in [0.05, 0.1) is 0 Å². The highest BCUT2D eigenvalue weighted by molar-refractivity contribution is 5.15. The molecular formula is C16H27N. The van der Waals surface area contributed by atoms with Crippen molar-refractivity contribution in [3.8, 4) is 0 Å². The first-order chi connectivity index (χ1) is 8.30. The summed E-state index contributed by atoms with van der Waals surface area (Å²) in [6.45, 7) is 5.76. The smallest absolute Gasteiger partial charge is 0.00202 e. The van der Waals surface area contributed by atoms with Crippen LogP contribution in [0.15, 0.2) is 30.3 Å². The molecule has 1 heteroatoms. The Balaban J connectivity index is 2.53. The van der Waals surface area contributed by atoms with Crippen molar-refractivity contribution in [1.82, 2.24) is 5.32 Å². The summed E-state index contributed by atoms with van der Waals surface area (Å²) in [5.74, 6) is 1.66. The molecule has 0 saturated heterocycles. The molecule has 0 saturated carbocycles. The van der Waals surface area contributed by atoms with Gasteiger partial charge >= 0.3 is 0 Å². The van der Waals surface area contributed by atoms with E-state index in [-0.39, 0.29) is 0 Å². The summed E-state index contributed by atoms with van der Waals surface area (Å²) < 4.78 is 0. The predicted molar refractivity (Wildman–Crippen MR) is 76.3 cm³/mol. The highest BCUT2D eigenvalue weighted by Gasteiger charge is 2.14. The third-order valence-electron chi connectivity index (χ3n) is 3.68. The molecular weight excluding hydrogens is 206 g/mol. The lowest BCUT2D eigenvalue weighted by Gasteiger charge is -2.22. The monoisotopic (exact) mass is 233 g/mol. The largest absolute Gasteiger partial charge is 0.319 e. The number of rotatable bonds is 8. The van der Waals surface area contributed by atoms with Crippen molar-refractivity contribution in [3.05, 3.63) is 35.9 Å². The van der Waals surface area contributed by atoms with Gasteiger partial charge in [0.1, 0.15) is 0 Å². The van der Waals surface area contributed by atoms with E-state index in [0.29, 0.717) is 0 Å². The van der Waals surface area contributed by atoms with Gasteiger partial charge in [-0.15, -0.1) is 0 Å². The fourth-order valence-electron chi connectivity index (χ4n) is 2.57. The number of nitrogens with one attached hydrogen (secondary N) is 1. The van der Waals surface area contributed by atoms with Crippen LogP contribution >= 0.6 is 0 Å². The van der Waals surface area contributed by atoms with Crippen molar-refractivity contribution in [2.24, 2.45) is 11.8 Å². The molecule has 1 aromatic carbocycles. The average Bonchev–Trinajstić information content (AvgIpc) is 2.37. The normalized spacial score (nSPS) is 12.9. The van der Waals surface area contributed by atoms with E-state index in [1.807, 2.05) is 0 Å². The van der Waals surface area contributed by atoms with Crippen LogP contribution in [0.1, 0.15) is 38.7 Å². The van der Waals surface area contributed by atoms with Crippen LogP contribution in [0.2, 0.25) is 0 Å². The zero-order valence-corrected chi connectivity index (χ0v) is 11.6. The minimum absolute atomic E-state index is 0.771. The molecule has 0 aliphatic heterocycles. The number of hydrogen-bond acceptors (Lipinski definition) is 1. The van der Waals surface area contributed by atoms with Gasteiger partial charge < -0.3 is 5.32 Å². The maximum atomic E-state index is 3.34. The molecule has 17 heavy (non-hydrogen) atoms. The van der Waals surface area contributed by atoms with Gasteiger partial charge in [0.25, 0.3) is 0 Å². The molecule has 1 aromatic rings. The molecule has 0 aromatic heterocycles. The van der Waals surface area contributed by atoms with Gasteiger partial charge in [-0.05, 0) is 43.8 Å². The molecule has 0 heterocycles. The quantitative estimate of drug-likeness (QED) is 0.718. The molecule has 1 rings (SSSR count). The van der Waals surface area contributed by atoms with Crippen LogP contribution in [0.3, 0.4) is 0 Å². The van der Waals surface area contributed by atoms with Crippen LogP contribution in [0, 0.1) is 11.8 Å². The fraction of sp³-hybridized carbons (Fsp3) is 0.625. The topological polar surface area (TPSA) is 12.0 Å². The van der Waals surface area contributed by atoms with Gasteiger partial charge in [0.2, 0.25) is 0 Å². The maximum Gasteiger partial charge on any atom is -0.00202 e. The lowest BCUT2D eigenvalue weighted by molar-refractivity contribution is 0.344. The third-order valence-corrected chi connectivity index (χ3v) is 3.68. The Hall–Kier alpha value is -0.820. The molecule has 1 atom stereocenters. The van der Waals surface area contributed by atoms with E-state index in [4.69, 9.17) is 0 Å². The summed E-state index contributed by atoms with van der Waals surface area (Å²) in [7, 11) is 2.06. The Morgan fingerprint density at radius 1 is 1.00 bits per heavy atom. The average molecular weight is 233 g/mol. The van der Waals surface area contributed by atoms with E-state index in [9.17, 15) is 0 Å². The molecule has 0 fully saturated rings. The summed E-state index contributed by atoms with van der Waals surface area (Å²) >= 11 is 0. The molecule has 0 aliphatic rings. The van der Waals surface area contributed by atoms with Crippen LogP contribution in [0.25, 0.3) is 0 Å². The summed E-state index contributed by atoms with van der Waals surface area (Å²) in [5.41, 5.74) is 1.47. The second-order valence-electron chi connectivity index (χ2n) is 5.03. The van der Waals surface area contributed by atoms with Crippen molar-refractivity contribution in [3.63, 3.8) is 0 Å². The molecule has 1 unspecified atom stereocenters. The first-order valence-corrected chi connectivity index (χ1v) is 6.98. The van der Waals surface area contributed by atoms with Gasteiger partial charge in [-0.2, -0.15) is 0 Å². The molecule has 0 aliphatic carbocycles. The summed E-state index contributed by atoms with van der Waals surface area (Å²) in [6, 6.07) is 10.9. The predicted octanol–water partition coefficient (Wildman–Crippen LogP) is 3.89. The van der Waals surface area contributed by atoms with E-state index < -0.39 is 0 Å². The Bertz CT molecular complexity index is 277. The third kappa shape index (κ3) is 5.36. The van der Waals surface area contributed by atoms with Crippen molar-refractivity contribution >= 4 is 0 Å². The van der Waals surface area contributed by atoms with Gasteiger partial charge in [-0.1, -0.05) is 57.0 Å². The van der Waals surface area contributed by atoms with E-state index in [1.54, 1.807) is 0 Å². The lowest BCUT2D eigenvalue weighted by atomic mass is 9.87. The Kier molecular flexibility index (Phi) is 6.95. The first kappa shape index (κ1) is 14.2. The van der Waals surface area contributed by atoms with Crippen molar-refractivity contribution in [2.45, 2.75) is 39.5 Å². The SMILES string of the molecule is CCC(CC)CC(CNC)Cc1ccccc1. The van der Waals surface area contributed by atoms with Crippen LogP contribution in [0.4, 0.5) is 0 Å². The zero-order valence-electron chi connectivity index (χ0n) is 11.6. The van der Waals surface area contributed by atoms with Gasteiger partial charge in [0, 0.05) is 0 Å². The van der Waals surface area contributed by atoms with Crippen LogP contribution in [0.5, 0.6) is 0 Å². The van der Waals surface area contributed by atoms with Crippen LogP contribution in [-0.4, -0.2) is 13.6 Å². The summed E-state index contributed by atoms with van der Waals surface area (Å²) in [4.78, 5) is 0. The van der Waals surface area contributed by atoms with Gasteiger partial charge in [0.15, 0.2) is 0 Å². The minimum Gasteiger partial charge on any atom is -0.319 e. The molecule has 0 bridgehead atoms. The summed E-state index contributed by atoms with van der Waals surface area (Å²) in [6.07, 6.45) is 5.18. The van der Waals surface area contributed by atoms with Gasteiger partial charge in [-0.25, -0.2) is 0 Å². The van der Waals surface area contributed by atoms with Crippen LogP contribution in [-0.2, 0) is 6.42 Å². The lowest BCUT2D eigenvalue weighted by Crippen LogP contribution is -2.23. The van der Waals surface area contributed by atoms with Crippen molar-refractivity contribution in [2.75, 3.05) is 13.6 Å². The second kappa shape index (κ2) is 8.30. The van der Waals surface area contributed by atoms with Gasteiger partial charge in [-0.3, -0.25) is 0 Å².